The zero-order valence-corrected chi connectivity index (χ0v) is 13.0. The number of nitrogens with zero attached hydrogens (tertiary/aromatic N) is 6. The van der Waals surface area contributed by atoms with Crippen LogP contribution in [0.1, 0.15) is 7.43 Å². The predicted octanol–water partition coefficient (Wildman–Crippen LogP) is 1.20. The summed E-state index contributed by atoms with van der Waals surface area (Å²) in [7, 11) is 0. The minimum absolute atomic E-state index is 0. The second-order valence-electron chi connectivity index (χ2n) is 0. The number of hydrogen-bond acceptors (Lipinski definition) is 6. The van der Waals surface area contributed by atoms with Gasteiger partial charge in [0.15, 0.2) is 0 Å². The van der Waals surface area contributed by atoms with E-state index in [1.165, 1.54) is 0 Å². The van der Waals surface area contributed by atoms with Gasteiger partial charge in [-0.15, -0.1) is 0 Å². The molecule has 0 atom stereocenters. The summed E-state index contributed by atoms with van der Waals surface area (Å²) in [5, 5.41) is 37.5. The fourth-order valence-electron chi connectivity index (χ4n) is 0. The molecule has 0 saturated carbocycles. The van der Waals surface area contributed by atoms with Crippen molar-refractivity contribution in [3.8, 4) is 0 Å². The van der Waals surface area contributed by atoms with Crippen LogP contribution in [0.25, 0.3) is 0 Å². The maximum absolute atomic E-state index is 6.25. The summed E-state index contributed by atoms with van der Waals surface area (Å²) in [6.07, 6.45) is 0. The molecule has 0 N–H and O–H groups in total. The van der Waals surface area contributed by atoms with E-state index >= 15 is 0 Å². The van der Waals surface area contributed by atoms with Crippen molar-refractivity contribution >= 4 is 0 Å². The van der Waals surface area contributed by atoms with Crippen LogP contribution in [0.5, 0.6) is 0 Å². The maximum atomic E-state index is 6.25. The smallest absolute Gasteiger partial charge is 0.512 e. The van der Waals surface area contributed by atoms with Gasteiger partial charge in [0.1, 0.15) is 0 Å². The third kappa shape index (κ3) is 15300. The van der Waals surface area contributed by atoms with Crippen molar-refractivity contribution in [1.29, 1.82) is 31.6 Å². The van der Waals surface area contributed by atoms with Gasteiger partial charge < -0.3 is 71.0 Å². The van der Waals surface area contributed by atoms with Crippen LogP contribution >= 0.6 is 0 Å². The van der Waals surface area contributed by atoms with Crippen LogP contribution in [0.3, 0.4) is 0 Å². The summed E-state index contributed by atoms with van der Waals surface area (Å²) < 4.78 is 0. The Balaban J connectivity index is -0.00000000225. The normalized spacial score (nSPS) is 0.667. The van der Waals surface area contributed by atoms with Gasteiger partial charge in [-0.3, -0.25) is 0 Å². The van der Waals surface area contributed by atoms with Crippen LogP contribution < -0.4 is 0 Å². The monoisotopic (exact) mass is 452 g/mol. The molecule has 11 heteroatoms. The standard InChI is InChI=1S/6CN.CH4.5Fe/c6*1-2;;;;;;/h;;;;;;1H4;;;;;/q6*-1;;;;;;+6. The Hall–Kier alpha value is -0.463. The molecule has 0 aliphatic carbocycles. The quantitative estimate of drug-likeness (QED) is 0.400. The van der Waals surface area contributed by atoms with Crippen molar-refractivity contribution in [1.82, 2.24) is 0 Å². The van der Waals surface area contributed by atoms with Crippen LogP contribution in [0, 0.1) is 71.0 Å². The molecular weight excluding hydrogens is 447 g/mol. The molecule has 0 aromatic heterocycles. The van der Waals surface area contributed by atoms with Crippen molar-refractivity contribution in [2.24, 2.45) is 0 Å². The Bertz CT molecular complexity index is 103. The second-order valence-corrected chi connectivity index (χ2v) is 0. The minimum atomic E-state index is 0. The molecule has 0 saturated heterocycles. The Morgan fingerprint density at radius 3 is 0.333 bits per heavy atom. The van der Waals surface area contributed by atoms with E-state index in [-0.39, 0.29) is 92.8 Å². The Morgan fingerprint density at radius 1 is 0.333 bits per heavy atom. The van der Waals surface area contributed by atoms with E-state index in [4.69, 9.17) is 71.0 Å². The number of hydrogen-bond donors (Lipinski definition) is 0. The molecule has 0 unspecified atom stereocenters. The number of rotatable bonds is 0. The van der Waals surface area contributed by atoms with Crippen LogP contribution in [-0.2, 0) is 85.3 Å². The molecule has 0 amide bonds. The van der Waals surface area contributed by atoms with Gasteiger partial charge in [0.2, 0.25) is 0 Å². The van der Waals surface area contributed by atoms with Crippen LogP contribution in [0.4, 0.5) is 0 Å². The molecule has 102 valence electrons. The van der Waals surface area contributed by atoms with Gasteiger partial charge in [-0.05, 0) is 0 Å². The van der Waals surface area contributed by atoms with Crippen molar-refractivity contribution in [2.75, 3.05) is 0 Å². The van der Waals surface area contributed by atoms with E-state index in [1.807, 2.05) is 0 Å². The first-order chi connectivity index (χ1) is 6.00. The molecule has 6 nitrogen and oxygen atoms in total. The minimum Gasteiger partial charge on any atom is -0.512 e. The third-order valence-corrected chi connectivity index (χ3v) is 0. The molecule has 0 bridgehead atoms. The second kappa shape index (κ2) is 18700. The van der Waals surface area contributed by atoms with E-state index in [0.717, 1.165) is 0 Å². The van der Waals surface area contributed by atoms with Gasteiger partial charge in [0.05, 0.1) is 0 Å². The summed E-state index contributed by atoms with van der Waals surface area (Å²) in [4.78, 5) is 0. The topological polar surface area (TPSA) is 143 Å². The fourth-order valence-corrected chi connectivity index (χ4v) is 0. The molecule has 0 radical (unpaired) electrons. The van der Waals surface area contributed by atoms with Gasteiger partial charge in [0, 0.05) is 68.3 Å². The van der Waals surface area contributed by atoms with E-state index in [2.05, 4.69) is 0 Å². The largest absolute Gasteiger partial charge is 6.00 e. The molecule has 0 aromatic rings. The predicted molar refractivity (Wildman–Crippen MR) is 36.5 cm³/mol. The van der Waals surface area contributed by atoms with Gasteiger partial charge in [-0.25, -0.2) is 0 Å². The SMILES string of the molecule is C.[C-]#N.[C-]#N.[C-]#N.[C-]#N.[C-]#N.[C-]#N.[Fe+6].[Fe].[Fe].[Fe].[Fe]. The summed E-state index contributed by atoms with van der Waals surface area (Å²) in [6, 6.07) is 0. The molecule has 0 aliphatic rings. The molecule has 0 heterocycles. The molecule has 0 fully saturated rings. The summed E-state index contributed by atoms with van der Waals surface area (Å²) >= 11 is 0. The van der Waals surface area contributed by atoms with Gasteiger partial charge in [-0.2, -0.15) is 0 Å². The molecule has 18 heavy (non-hydrogen) atoms. The molecular formula is C7H4Fe5N6. The zero-order chi connectivity index (χ0) is 12.0. The molecule has 0 spiro atoms. The zero-order valence-electron chi connectivity index (χ0n) is 7.45. The van der Waals surface area contributed by atoms with Crippen molar-refractivity contribution in [3.63, 3.8) is 0 Å². The Kier molecular flexibility index (Phi) is 162000. The van der Waals surface area contributed by atoms with Gasteiger partial charge in [-0.1, -0.05) is 7.43 Å². The van der Waals surface area contributed by atoms with Crippen LogP contribution in [0.2, 0.25) is 0 Å². The third-order valence-electron chi connectivity index (χ3n) is 0. The summed E-state index contributed by atoms with van der Waals surface area (Å²) in [6.45, 7) is 28.5. The van der Waals surface area contributed by atoms with E-state index < -0.39 is 0 Å². The summed E-state index contributed by atoms with van der Waals surface area (Å²) in [5.41, 5.74) is 0. The van der Waals surface area contributed by atoms with Gasteiger partial charge in [0.25, 0.3) is 0 Å². The van der Waals surface area contributed by atoms with Crippen LogP contribution in [0.15, 0.2) is 0 Å². The average Bonchev–Trinajstić information content (AvgIpc) is 2.33. The first kappa shape index (κ1) is 156. The Labute approximate surface area is 162 Å². The van der Waals surface area contributed by atoms with Crippen molar-refractivity contribution in [3.05, 3.63) is 39.4 Å². The van der Waals surface area contributed by atoms with Crippen molar-refractivity contribution < 1.29 is 85.3 Å². The first-order valence-corrected chi connectivity index (χ1v) is 1.34. The first-order valence-electron chi connectivity index (χ1n) is 1.34. The molecule has 0 rings (SSSR count). The summed E-state index contributed by atoms with van der Waals surface area (Å²) in [5.74, 6) is 0. The van der Waals surface area contributed by atoms with Gasteiger partial charge >= 0.3 is 17.1 Å². The Morgan fingerprint density at radius 2 is 0.333 bits per heavy atom. The fraction of sp³-hybridized carbons (Fsp3) is 0.143. The average molecular weight is 451 g/mol. The van der Waals surface area contributed by atoms with E-state index in [0.29, 0.717) is 0 Å². The van der Waals surface area contributed by atoms with E-state index in [1.54, 1.807) is 0 Å². The van der Waals surface area contributed by atoms with Crippen molar-refractivity contribution in [2.45, 2.75) is 7.43 Å². The molecule has 0 aliphatic heterocycles. The van der Waals surface area contributed by atoms with E-state index in [9.17, 15) is 0 Å². The molecule has 0 aromatic carbocycles. The van der Waals surface area contributed by atoms with Crippen LogP contribution in [-0.4, -0.2) is 0 Å². The maximum Gasteiger partial charge on any atom is 6.00 e.